The first kappa shape index (κ1) is 9.77. The van der Waals surface area contributed by atoms with Crippen LogP contribution in [0.5, 0.6) is 0 Å². The molecule has 4 heteroatoms. The summed E-state index contributed by atoms with van der Waals surface area (Å²) >= 11 is 0. The topological polar surface area (TPSA) is 66.0 Å². The number of aromatic nitrogens is 2. The van der Waals surface area contributed by atoms with E-state index in [9.17, 15) is 4.79 Å². The van der Waals surface area contributed by atoms with Gasteiger partial charge in [0.15, 0.2) is 0 Å². The molecule has 0 atom stereocenters. The molecule has 0 aromatic carbocycles. The van der Waals surface area contributed by atoms with Crippen molar-refractivity contribution >= 4 is 5.97 Å². The number of hydrogen-bond donors (Lipinski definition) is 2. The lowest BCUT2D eigenvalue weighted by Gasteiger charge is -2.17. The Labute approximate surface area is 77.0 Å². The third-order valence-corrected chi connectivity index (χ3v) is 1.85. The summed E-state index contributed by atoms with van der Waals surface area (Å²) in [4.78, 5) is 10.5. The second-order valence-corrected chi connectivity index (χ2v) is 4.08. The summed E-state index contributed by atoms with van der Waals surface area (Å²) in [7, 11) is 0. The number of aliphatic carboxylic acids is 1. The van der Waals surface area contributed by atoms with E-state index in [1.165, 1.54) is 0 Å². The highest BCUT2D eigenvalue weighted by Gasteiger charge is 2.20. The smallest absolute Gasteiger partial charge is 0.309 e. The van der Waals surface area contributed by atoms with Crippen LogP contribution >= 0.6 is 0 Å². The third-order valence-electron chi connectivity index (χ3n) is 1.85. The van der Waals surface area contributed by atoms with Crippen LogP contribution in [0.25, 0.3) is 0 Å². The fourth-order valence-electron chi connectivity index (χ4n) is 1.25. The van der Waals surface area contributed by atoms with E-state index in [1.807, 2.05) is 20.8 Å². The number of H-pyrrole nitrogens is 1. The molecule has 1 aromatic heterocycles. The highest BCUT2D eigenvalue weighted by Crippen LogP contribution is 2.24. The molecule has 0 aliphatic carbocycles. The number of nitrogens with zero attached hydrogens (tertiary/aromatic N) is 1. The zero-order valence-electron chi connectivity index (χ0n) is 8.09. The van der Waals surface area contributed by atoms with Crippen molar-refractivity contribution in [2.24, 2.45) is 0 Å². The number of rotatable bonds is 2. The first-order valence-corrected chi connectivity index (χ1v) is 4.16. The molecule has 0 spiro atoms. The number of hydrogen-bond acceptors (Lipinski definition) is 2. The van der Waals surface area contributed by atoms with E-state index in [-0.39, 0.29) is 11.8 Å². The van der Waals surface area contributed by atoms with Crippen LogP contribution in [0, 0.1) is 0 Å². The van der Waals surface area contributed by atoms with Gasteiger partial charge >= 0.3 is 5.97 Å². The standard InChI is InChI=1S/C9H14N2O2/c1-9(2,3)6-5-10-11-7(6)4-8(12)13/h5H,4H2,1-3H3,(H,10,11)(H,12,13). The first-order valence-electron chi connectivity index (χ1n) is 4.16. The first-order chi connectivity index (χ1) is 5.91. The predicted molar refractivity (Wildman–Crippen MR) is 48.6 cm³/mol. The molecule has 1 aromatic rings. The minimum atomic E-state index is -0.838. The molecule has 0 aliphatic heterocycles. The quantitative estimate of drug-likeness (QED) is 0.725. The van der Waals surface area contributed by atoms with Crippen LogP contribution in [0.2, 0.25) is 0 Å². The minimum absolute atomic E-state index is 0.00655. The summed E-state index contributed by atoms with van der Waals surface area (Å²) in [6.07, 6.45) is 1.70. The maximum Gasteiger partial charge on any atom is 0.309 e. The number of carboxylic acid groups (broad SMARTS) is 1. The van der Waals surface area contributed by atoms with Gasteiger partial charge in [-0.25, -0.2) is 0 Å². The molecule has 0 unspecified atom stereocenters. The average molecular weight is 182 g/mol. The lowest BCUT2D eigenvalue weighted by molar-refractivity contribution is -0.136. The summed E-state index contributed by atoms with van der Waals surface area (Å²) in [5.41, 5.74) is 1.60. The lowest BCUT2D eigenvalue weighted by atomic mass is 9.87. The minimum Gasteiger partial charge on any atom is -0.481 e. The SMILES string of the molecule is CC(C)(C)c1cn[nH]c1CC(=O)O. The Morgan fingerprint density at radius 1 is 1.62 bits per heavy atom. The Balaban J connectivity index is 2.96. The molecule has 0 fully saturated rings. The summed E-state index contributed by atoms with van der Waals surface area (Å²) in [6.45, 7) is 6.09. The molecule has 2 N–H and O–H groups in total. The summed E-state index contributed by atoms with van der Waals surface area (Å²) in [5, 5.41) is 15.2. The van der Waals surface area contributed by atoms with Crippen LogP contribution in [0.15, 0.2) is 6.20 Å². The van der Waals surface area contributed by atoms with Crippen molar-refractivity contribution in [1.82, 2.24) is 10.2 Å². The second-order valence-electron chi connectivity index (χ2n) is 4.08. The molecule has 0 aliphatic rings. The predicted octanol–water partition coefficient (Wildman–Crippen LogP) is 1.33. The zero-order chi connectivity index (χ0) is 10.1. The van der Waals surface area contributed by atoms with Crippen LogP contribution < -0.4 is 0 Å². The van der Waals surface area contributed by atoms with Gasteiger partial charge in [0.2, 0.25) is 0 Å². The molecule has 1 rings (SSSR count). The highest BCUT2D eigenvalue weighted by molar-refractivity contribution is 5.70. The molecule has 1 heterocycles. The Morgan fingerprint density at radius 3 is 2.69 bits per heavy atom. The molecule has 0 bridgehead atoms. The van der Waals surface area contributed by atoms with Crippen molar-refractivity contribution in [3.05, 3.63) is 17.5 Å². The van der Waals surface area contributed by atoms with Crippen molar-refractivity contribution in [2.75, 3.05) is 0 Å². The van der Waals surface area contributed by atoms with E-state index in [1.54, 1.807) is 6.20 Å². The van der Waals surface area contributed by atoms with E-state index >= 15 is 0 Å². The lowest BCUT2D eigenvalue weighted by Crippen LogP contribution is -2.14. The Bertz CT molecular complexity index is 310. The summed E-state index contributed by atoms with van der Waals surface area (Å²) < 4.78 is 0. The van der Waals surface area contributed by atoms with Gasteiger partial charge in [0.1, 0.15) is 0 Å². The van der Waals surface area contributed by atoms with Crippen molar-refractivity contribution in [2.45, 2.75) is 32.6 Å². The van der Waals surface area contributed by atoms with Gasteiger partial charge in [0.25, 0.3) is 0 Å². The highest BCUT2D eigenvalue weighted by atomic mass is 16.4. The number of carboxylic acids is 1. The Kier molecular flexibility index (Phi) is 2.40. The Morgan fingerprint density at radius 2 is 2.23 bits per heavy atom. The van der Waals surface area contributed by atoms with Gasteiger partial charge in [-0.15, -0.1) is 0 Å². The molecule has 0 radical (unpaired) electrons. The van der Waals surface area contributed by atoms with Gasteiger partial charge in [0.05, 0.1) is 12.6 Å². The van der Waals surface area contributed by atoms with Gasteiger partial charge in [-0.3, -0.25) is 9.89 Å². The number of aromatic amines is 1. The van der Waals surface area contributed by atoms with Crippen molar-refractivity contribution < 1.29 is 9.90 Å². The number of carbonyl (C=O) groups is 1. The molecule has 0 amide bonds. The molecule has 4 nitrogen and oxygen atoms in total. The molecular weight excluding hydrogens is 168 g/mol. The largest absolute Gasteiger partial charge is 0.481 e. The normalized spacial score (nSPS) is 11.6. The van der Waals surface area contributed by atoms with Gasteiger partial charge < -0.3 is 5.11 Å². The van der Waals surface area contributed by atoms with Crippen molar-refractivity contribution in [3.63, 3.8) is 0 Å². The van der Waals surface area contributed by atoms with Crippen molar-refractivity contribution in [1.29, 1.82) is 0 Å². The summed E-state index contributed by atoms with van der Waals surface area (Å²) in [6, 6.07) is 0. The summed E-state index contributed by atoms with van der Waals surface area (Å²) in [5.74, 6) is -0.838. The van der Waals surface area contributed by atoms with Gasteiger partial charge in [-0.05, 0) is 11.0 Å². The van der Waals surface area contributed by atoms with Gasteiger partial charge in [-0.1, -0.05) is 20.8 Å². The monoisotopic (exact) mass is 182 g/mol. The van der Waals surface area contributed by atoms with Crippen LogP contribution in [0.3, 0.4) is 0 Å². The molecule has 0 saturated heterocycles. The van der Waals surface area contributed by atoms with Gasteiger partial charge in [0, 0.05) is 5.69 Å². The maximum absolute atomic E-state index is 10.5. The van der Waals surface area contributed by atoms with E-state index in [2.05, 4.69) is 10.2 Å². The number of nitrogens with one attached hydrogen (secondary N) is 1. The zero-order valence-corrected chi connectivity index (χ0v) is 8.09. The van der Waals surface area contributed by atoms with Crippen molar-refractivity contribution in [3.8, 4) is 0 Å². The fraction of sp³-hybridized carbons (Fsp3) is 0.556. The molecule has 72 valence electrons. The van der Waals surface area contributed by atoms with Crippen LogP contribution in [0.1, 0.15) is 32.0 Å². The molecule has 0 saturated carbocycles. The fourth-order valence-corrected chi connectivity index (χ4v) is 1.25. The van der Waals surface area contributed by atoms with Crippen LogP contribution in [-0.4, -0.2) is 21.3 Å². The maximum atomic E-state index is 10.5. The molecule has 13 heavy (non-hydrogen) atoms. The van der Waals surface area contributed by atoms with Crippen LogP contribution in [0.4, 0.5) is 0 Å². The van der Waals surface area contributed by atoms with Crippen LogP contribution in [-0.2, 0) is 16.6 Å². The van der Waals surface area contributed by atoms with E-state index in [0.717, 1.165) is 5.56 Å². The average Bonchev–Trinajstić information content (AvgIpc) is 2.31. The molecular formula is C9H14N2O2. The third kappa shape index (κ3) is 2.31. The van der Waals surface area contributed by atoms with Gasteiger partial charge in [-0.2, -0.15) is 5.10 Å². The van der Waals surface area contributed by atoms with E-state index in [4.69, 9.17) is 5.11 Å². The second kappa shape index (κ2) is 3.20. The Hall–Kier alpha value is -1.32. The van der Waals surface area contributed by atoms with E-state index < -0.39 is 5.97 Å². The van der Waals surface area contributed by atoms with E-state index in [0.29, 0.717) is 5.69 Å².